The molecule has 0 radical (unpaired) electrons. The minimum atomic E-state index is -3.62. The van der Waals surface area contributed by atoms with Crippen molar-refractivity contribution in [2.45, 2.75) is 38.6 Å². The fourth-order valence-electron chi connectivity index (χ4n) is 2.45. The Hall–Kier alpha value is -2.25. The maximum absolute atomic E-state index is 12.3. The van der Waals surface area contributed by atoms with Crippen LogP contribution in [0, 0.1) is 20.8 Å². The molecule has 1 aromatic heterocycles. The van der Waals surface area contributed by atoms with Gasteiger partial charge >= 0.3 is 0 Å². The fraction of sp³-hybridized carbons (Fsp3) is 0.333. The van der Waals surface area contributed by atoms with Gasteiger partial charge in [-0.1, -0.05) is 23.8 Å². The Morgan fingerprint density at radius 1 is 1.12 bits per heavy atom. The molecule has 1 aromatic carbocycles. The van der Waals surface area contributed by atoms with Crippen LogP contribution in [0.25, 0.3) is 0 Å². The lowest BCUT2D eigenvalue weighted by Crippen LogP contribution is -2.31. The van der Waals surface area contributed by atoms with E-state index in [2.05, 4.69) is 15.0 Å². The van der Waals surface area contributed by atoms with E-state index >= 15 is 0 Å². The van der Waals surface area contributed by atoms with Gasteiger partial charge in [0.25, 0.3) is 0 Å². The summed E-state index contributed by atoms with van der Waals surface area (Å²) in [4.78, 5) is 16.3. The van der Waals surface area contributed by atoms with Gasteiger partial charge < -0.3 is 5.32 Å². The second kappa shape index (κ2) is 8.22. The maximum Gasteiger partial charge on any atom is 0.240 e. The summed E-state index contributed by atoms with van der Waals surface area (Å²) < 4.78 is 27.1. The molecule has 0 saturated carbocycles. The topological polar surface area (TPSA) is 88.2 Å². The van der Waals surface area contributed by atoms with Crippen molar-refractivity contribution in [2.24, 2.45) is 0 Å². The normalized spacial score (nSPS) is 11.3. The summed E-state index contributed by atoms with van der Waals surface area (Å²) in [5.41, 5.74) is 3.48. The number of nitrogens with one attached hydrogen (secondary N) is 2. The van der Waals surface area contributed by atoms with Gasteiger partial charge in [-0.15, -0.1) is 0 Å². The third-order valence-corrected chi connectivity index (χ3v) is 5.46. The zero-order chi connectivity index (χ0) is 18.4. The number of carbonyl (C=O) groups excluding carboxylic acids is 1. The molecule has 2 N–H and O–H groups in total. The number of nitrogens with zero attached hydrogens (tertiary/aromatic N) is 1. The summed E-state index contributed by atoms with van der Waals surface area (Å²) in [6.45, 7) is 5.96. The number of hydrogen-bond acceptors (Lipinski definition) is 4. The second-order valence-corrected chi connectivity index (χ2v) is 7.70. The van der Waals surface area contributed by atoms with Gasteiger partial charge in [0.05, 0.1) is 17.1 Å². The van der Waals surface area contributed by atoms with Gasteiger partial charge in [0.1, 0.15) is 0 Å². The van der Waals surface area contributed by atoms with Crippen molar-refractivity contribution in [2.75, 3.05) is 6.54 Å². The van der Waals surface area contributed by atoms with Gasteiger partial charge in [-0.2, -0.15) is 0 Å². The molecule has 0 unspecified atom stereocenters. The molecule has 134 valence electrons. The number of benzene rings is 1. The van der Waals surface area contributed by atoms with Crippen LogP contribution in [-0.4, -0.2) is 25.9 Å². The number of carbonyl (C=O) groups is 1. The Bertz CT molecular complexity index is 864. The van der Waals surface area contributed by atoms with Crippen LogP contribution in [0.3, 0.4) is 0 Å². The summed E-state index contributed by atoms with van der Waals surface area (Å²) >= 11 is 0. The van der Waals surface area contributed by atoms with E-state index < -0.39 is 10.0 Å². The molecule has 0 atom stereocenters. The monoisotopic (exact) mass is 361 g/mol. The van der Waals surface area contributed by atoms with Crippen molar-refractivity contribution in [1.82, 2.24) is 15.0 Å². The van der Waals surface area contributed by atoms with Crippen LogP contribution in [0.2, 0.25) is 0 Å². The molecule has 2 rings (SSSR count). The lowest BCUT2D eigenvalue weighted by atomic mass is 10.2. The van der Waals surface area contributed by atoms with Crippen LogP contribution in [-0.2, 0) is 21.4 Å². The van der Waals surface area contributed by atoms with E-state index in [4.69, 9.17) is 0 Å². The van der Waals surface area contributed by atoms with Crippen molar-refractivity contribution in [3.8, 4) is 0 Å². The molecule has 2 aromatic rings. The predicted molar refractivity (Wildman–Crippen MR) is 96.5 cm³/mol. The minimum Gasteiger partial charge on any atom is -0.350 e. The zero-order valence-corrected chi connectivity index (χ0v) is 15.5. The summed E-state index contributed by atoms with van der Waals surface area (Å²) in [5.74, 6) is -0.228. The first-order valence-corrected chi connectivity index (χ1v) is 9.52. The summed E-state index contributed by atoms with van der Waals surface area (Å²) in [5, 5.41) is 2.75. The molecule has 0 bridgehead atoms. The summed E-state index contributed by atoms with van der Waals surface area (Å²) in [6.07, 6.45) is 1.74. The third kappa shape index (κ3) is 5.37. The van der Waals surface area contributed by atoms with E-state index in [-0.39, 0.29) is 23.8 Å². The molecule has 0 aliphatic rings. The van der Waals surface area contributed by atoms with E-state index in [1.807, 2.05) is 32.0 Å². The standard InChI is InChI=1S/C18H23N3O3S/c1-13-6-7-17(15(3)11-13)25(23,24)21-10-8-18(22)20-12-16-14(2)5-4-9-19-16/h4-7,9,11,21H,8,10,12H2,1-3H3,(H,20,22). The summed E-state index contributed by atoms with van der Waals surface area (Å²) in [7, 11) is -3.62. The fourth-order valence-corrected chi connectivity index (χ4v) is 3.71. The Kier molecular flexibility index (Phi) is 6.27. The number of hydrogen-bond donors (Lipinski definition) is 2. The zero-order valence-electron chi connectivity index (χ0n) is 14.7. The third-order valence-electron chi connectivity index (χ3n) is 3.83. The number of aryl methyl sites for hydroxylation is 3. The average Bonchev–Trinajstić information content (AvgIpc) is 2.53. The Labute approximate surface area is 148 Å². The van der Waals surface area contributed by atoms with Gasteiger partial charge in [0.2, 0.25) is 15.9 Å². The van der Waals surface area contributed by atoms with Gasteiger partial charge in [0, 0.05) is 19.2 Å². The van der Waals surface area contributed by atoms with Gasteiger partial charge in [0.15, 0.2) is 0 Å². The van der Waals surface area contributed by atoms with Gasteiger partial charge in [-0.3, -0.25) is 9.78 Å². The first kappa shape index (κ1) is 19.1. The van der Waals surface area contributed by atoms with Crippen LogP contribution in [0.5, 0.6) is 0 Å². The van der Waals surface area contributed by atoms with Crippen LogP contribution in [0.1, 0.15) is 28.8 Å². The maximum atomic E-state index is 12.3. The minimum absolute atomic E-state index is 0.0443. The van der Waals surface area contributed by atoms with E-state index in [1.165, 1.54) is 0 Å². The second-order valence-electron chi connectivity index (χ2n) is 5.96. The Balaban J connectivity index is 1.85. The molecule has 1 heterocycles. The molecule has 0 aliphatic carbocycles. The largest absolute Gasteiger partial charge is 0.350 e. The highest BCUT2D eigenvalue weighted by atomic mass is 32.2. The first-order valence-electron chi connectivity index (χ1n) is 8.04. The van der Waals surface area contributed by atoms with Crippen molar-refractivity contribution in [1.29, 1.82) is 0 Å². The highest BCUT2D eigenvalue weighted by Crippen LogP contribution is 2.16. The van der Waals surface area contributed by atoms with Crippen molar-refractivity contribution >= 4 is 15.9 Å². The lowest BCUT2D eigenvalue weighted by molar-refractivity contribution is -0.121. The molecule has 0 aliphatic heterocycles. The van der Waals surface area contributed by atoms with Crippen molar-refractivity contribution in [3.63, 3.8) is 0 Å². The quantitative estimate of drug-likeness (QED) is 0.789. The molecule has 6 nitrogen and oxygen atoms in total. The summed E-state index contributed by atoms with van der Waals surface area (Å²) in [6, 6.07) is 8.91. The molecular formula is C18H23N3O3S. The van der Waals surface area contributed by atoms with Crippen LogP contribution in [0.4, 0.5) is 0 Å². The number of amides is 1. The molecular weight excluding hydrogens is 338 g/mol. The first-order chi connectivity index (χ1) is 11.8. The van der Waals surface area contributed by atoms with E-state index in [9.17, 15) is 13.2 Å². The smallest absolute Gasteiger partial charge is 0.240 e. The number of pyridine rings is 1. The number of rotatable bonds is 7. The molecule has 0 saturated heterocycles. The van der Waals surface area contributed by atoms with Gasteiger partial charge in [-0.25, -0.2) is 13.1 Å². The van der Waals surface area contributed by atoms with E-state index in [0.717, 1.165) is 16.8 Å². The predicted octanol–water partition coefficient (Wildman–Crippen LogP) is 1.99. The van der Waals surface area contributed by atoms with Crippen molar-refractivity contribution < 1.29 is 13.2 Å². The highest BCUT2D eigenvalue weighted by molar-refractivity contribution is 7.89. The van der Waals surface area contributed by atoms with Crippen LogP contribution >= 0.6 is 0 Å². The van der Waals surface area contributed by atoms with Crippen LogP contribution < -0.4 is 10.0 Å². The van der Waals surface area contributed by atoms with E-state index in [0.29, 0.717) is 12.1 Å². The van der Waals surface area contributed by atoms with Crippen molar-refractivity contribution in [3.05, 3.63) is 58.9 Å². The lowest BCUT2D eigenvalue weighted by Gasteiger charge is -2.10. The molecule has 25 heavy (non-hydrogen) atoms. The van der Waals surface area contributed by atoms with Crippen LogP contribution in [0.15, 0.2) is 41.4 Å². The Morgan fingerprint density at radius 2 is 1.88 bits per heavy atom. The molecule has 0 fully saturated rings. The molecule has 1 amide bonds. The molecule has 0 spiro atoms. The number of sulfonamides is 1. The Morgan fingerprint density at radius 3 is 2.56 bits per heavy atom. The SMILES string of the molecule is Cc1ccc(S(=O)(=O)NCCC(=O)NCc2ncccc2C)c(C)c1. The highest BCUT2D eigenvalue weighted by Gasteiger charge is 2.16. The number of aromatic nitrogens is 1. The van der Waals surface area contributed by atoms with Gasteiger partial charge in [-0.05, 0) is 44.0 Å². The van der Waals surface area contributed by atoms with E-state index in [1.54, 1.807) is 25.3 Å². The molecule has 7 heteroatoms. The average molecular weight is 361 g/mol.